The van der Waals surface area contributed by atoms with E-state index in [1.807, 2.05) is 13.0 Å². The van der Waals surface area contributed by atoms with Gasteiger partial charge in [-0.05, 0) is 45.8 Å². The van der Waals surface area contributed by atoms with E-state index in [4.69, 9.17) is 5.73 Å². The maximum atomic E-state index is 5.59. The van der Waals surface area contributed by atoms with Gasteiger partial charge in [-0.1, -0.05) is 0 Å². The van der Waals surface area contributed by atoms with Gasteiger partial charge in [-0.25, -0.2) is 4.98 Å². The molecule has 0 spiro atoms. The van der Waals surface area contributed by atoms with Crippen molar-refractivity contribution in [2.45, 2.75) is 26.2 Å². The molecule has 5 nitrogen and oxygen atoms in total. The fourth-order valence-corrected chi connectivity index (χ4v) is 2.21. The summed E-state index contributed by atoms with van der Waals surface area (Å²) in [4.78, 5) is 10.7. The number of nitrogens with one attached hydrogen (secondary N) is 1. The molecule has 2 rings (SSSR count). The molecule has 0 saturated carbocycles. The molecule has 0 aromatic carbocycles. The third-order valence-corrected chi connectivity index (χ3v) is 3.03. The van der Waals surface area contributed by atoms with Gasteiger partial charge in [-0.15, -0.1) is 0 Å². The lowest BCUT2D eigenvalue weighted by Gasteiger charge is -2.14. The minimum Gasteiger partial charge on any atom is -0.370 e. The number of hydrogen-bond donors (Lipinski definition) is 2. The van der Waals surface area contributed by atoms with E-state index in [-0.39, 0.29) is 0 Å². The summed E-state index contributed by atoms with van der Waals surface area (Å²) in [6, 6.07) is 1.92. The predicted octanol–water partition coefficient (Wildman–Crippen LogP) is 1.27. The number of nitrogens with two attached hydrogens (primary N) is 1. The van der Waals surface area contributed by atoms with Crippen LogP contribution in [0.5, 0.6) is 0 Å². The van der Waals surface area contributed by atoms with Crippen molar-refractivity contribution in [3.63, 3.8) is 0 Å². The smallest absolute Gasteiger partial charge is 0.222 e. The number of anilines is 2. The molecular weight excluding hydrogens is 214 g/mol. The van der Waals surface area contributed by atoms with E-state index in [1.54, 1.807) is 0 Å². The van der Waals surface area contributed by atoms with E-state index in [1.165, 1.54) is 32.5 Å². The molecule has 1 aliphatic rings. The molecule has 0 aliphatic carbocycles. The largest absolute Gasteiger partial charge is 0.370 e. The van der Waals surface area contributed by atoms with Crippen LogP contribution in [0.4, 0.5) is 11.8 Å². The summed E-state index contributed by atoms with van der Waals surface area (Å²) in [6.07, 6.45) is 3.85. The molecule has 17 heavy (non-hydrogen) atoms. The molecule has 1 aliphatic heterocycles. The first-order chi connectivity index (χ1) is 8.24. The van der Waals surface area contributed by atoms with Gasteiger partial charge < -0.3 is 16.0 Å². The molecule has 3 N–H and O–H groups in total. The zero-order chi connectivity index (χ0) is 12.1. The van der Waals surface area contributed by atoms with Gasteiger partial charge in [0.25, 0.3) is 0 Å². The Labute approximate surface area is 102 Å². The molecule has 0 amide bonds. The standard InChI is InChI=1S/C12H21N5/c1-10-9-11(16-12(13)15-10)14-5-4-8-17-6-2-3-7-17/h9H,2-8H2,1H3,(H3,13,14,15,16). The normalized spacial score (nSPS) is 16.3. The minimum atomic E-state index is 0.340. The number of nitrogen functional groups attached to an aromatic ring is 1. The Bertz CT molecular complexity index is 340. The van der Waals surface area contributed by atoms with Gasteiger partial charge in [-0.3, -0.25) is 0 Å². The van der Waals surface area contributed by atoms with Crippen molar-refractivity contribution in [1.82, 2.24) is 14.9 Å². The fraction of sp³-hybridized carbons (Fsp3) is 0.667. The van der Waals surface area contributed by atoms with Crippen LogP contribution in [0.25, 0.3) is 0 Å². The minimum absolute atomic E-state index is 0.340. The third kappa shape index (κ3) is 3.85. The number of hydrogen-bond acceptors (Lipinski definition) is 5. The Morgan fingerprint density at radius 2 is 2.12 bits per heavy atom. The second-order valence-corrected chi connectivity index (χ2v) is 4.58. The number of aryl methyl sites for hydroxylation is 1. The second kappa shape index (κ2) is 5.82. The third-order valence-electron chi connectivity index (χ3n) is 3.03. The molecule has 5 heteroatoms. The van der Waals surface area contributed by atoms with Gasteiger partial charge >= 0.3 is 0 Å². The van der Waals surface area contributed by atoms with E-state index in [0.717, 1.165) is 24.5 Å². The number of likely N-dealkylation sites (tertiary alicyclic amines) is 1. The quantitative estimate of drug-likeness (QED) is 0.752. The molecule has 0 bridgehead atoms. The molecule has 1 fully saturated rings. The first-order valence-corrected chi connectivity index (χ1v) is 6.31. The SMILES string of the molecule is Cc1cc(NCCCN2CCCC2)nc(N)n1. The summed E-state index contributed by atoms with van der Waals surface area (Å²) in [5, 5.41) is 3.29. The number of aromatic nitrogens is 2. The number of nitrogens with zero attached hydrogens (tertiary/aromatic N) is 3. The van der Waals surface area contributed by atoms with E-state index in [2.05, 4.69) is 20.2 Å². The number of rotatable bonds is 5. The molecule has 0 radical (unpaired) electrons. The highest BCUT2D eigenvalue weighted by Gasteiger charge is 2.10. The zero-order valence-electron chi connectivity index (χ0n) is 10.4. The van der Waals surface area contributed by atoms with Crippen molar-refractivity contribution < 1.29 is 0 Å². The highest BCUT2D eigenvalue weighted by Crippen LogP contribution is 2.09. The Morgan fingerprint density at radius 3 is 2.82 bits per heavy atom. The average Bonchev–Trinajstić information content (AvgIpc) is 2.76. The maximum absolute atomic E-state index is 5.59. The monoisotopic (exact) mass is 235 g/mol. The van der Waals surface area contributed by atoms with Crippen molar-refractivity contribution in [1.29, 1.82) is 0 Å². The lowest BCUT2D eigenvalue weighted by Crippen LogP contribution is -2.22. The molecule has 1 aromatic rings. The van der Waals surface area contributed by atoms with E-state index >= 15 is 0 Å². The van der Waals surface area contributed by atoms with Gasteiger partial charge in [-0.2, -0.15) is 4.98 Å². The van der Waals surface area contributed by atoms with E-state index < -0.39 is 0 Å². The second-order valence-electron chi connectivity index (χ2n) is 4.58. The molecule has 0 atom stereocenters. The summed E-state index contributed by atoms with van der Waals surface area (Å²) >= 11 is 0. The highest BCUT2D eigenvalue weighted by atomic mass is 15.1. The van der Waals surface area contributed by atoms with Crippen molar-refractivity contribution in [2.24, 2.45) is 0 Å². The predicted molar refractivity (Wildman–Crippen MR) is 70.0 cm³/mol. The lowest BCUT2D eigenvalue weighted by molar-refractivity contribution is 0.337. The summed E-state index contributed by atoms with van der Waals surface area (Å²) in [5.41, 5.74) is 6.50. The van der Waals surface area contributed by atoms with E-state index in [0.29, 0.717) is 5.95 Å². The van der Waals surface area contributed by atoms with Gasteiger partial charge in [0.2, 0.25) is 5.95 Å². The average molecular weight is 235 g/mol. The molecule has 2 heterocycles. The van der Waals surface area contributed by atoms with Crippen molar-refractivity contribution in [3.05, 3.63) is 11.8 Å². The maximum Gasteiger partial charge on any atom is 0.222 e. The summed E-state index contributed by atoms with van der Waals surface area (Å²) in [7, 11) is 0. The Balaban J connectivity index is 1.70. The van der Waals surface area contributed by atoms with Gasteiger partial charge in [0.1, 0.15) is 5.82 Å². The van der Waals surface area contributed by atoms with Crippen LogP contribution in [0.15, 0.2) is 6.07 Å². The van der Waals surface area contributed by atoms with Crippen LogP contribution in [-0.2, 0) is 0 Å². The Kier molecular flexibility index (Phi) is 4.14. The zero-order valence-corrected chi connectivity index (χ0v) is 10.4. The Hall–Kier alpha value is -1.36. The van der Waals surface area contributed by atoms with Gasteiger partial charge in [0.15, 0.2) is 0 Å². The molecule has 1 saturated heterocycles. The van der Waals surface area contributed by atoms with Crippen molar-refractivity contribution in [2.75, 3.05) is 37.2 Å². The van der Waals surface area contributed by atoms with E-state index in [9.17, 15) is 0 Å². The van der Waals surface area contributed by atoms with Crippen LogP contribution in [0.3, 0.4) is 0 Å². The first kappa shape index (κ1) is 12.1. The summed E-state index contributed by atoms with van der Waals surface area (Å²) in [6.45, 7) is 6.56. The molecule has 0 unspecified atom stereocenters. The van der Waals surface area contributed by atoms with Gasteiger partial charge in [0.05, 0.1) is 0 Å². The Morgan fingerprint density at radius 1 is 1.35 bits per heavy atom. The highest BCUT2D eigenvalue weighted by molar-refractivity contribution is 5.39. The van der Waals surface area contributed by atoms with Crippen LogP contribution >= 0.6 is 0 Å². The van der Waals surface area contributed by atoms with Crippen LogP contribution in [0, 0.1) is 6.92 Å². The van der Waals surface area contributed by atoms with Crippen LogP contribution in [0.1, 0.15) is 25.0 Å². The fourth-order valence-electron chi connectivity index (χ4n) is 2.21. The van der Waals surface area contributed by atoms with Gasteiger partial charge in [0, 0.05) is 18.3 Å². The van der Waals surface area contributed by atoms with Crippen LogP contribution in [-0.4, -0.2) is 41.0 Å². The lowest BCUT2D eigenvalue weighted by atomic mass is 10.3. The topological polar surface area (TPSA) is 67.1 Å². The summed E-state index contributed by atoms with van der Waals surface area (Å²) in [5.74, 6) is 1.17. The molecular formula is C12H21N5. The van der Waals surface area contributed by atoms with Crippen LogP contribution < -0.4 is 11.1 Å². The summed E-state index contributed by atoms with van der Waals surface area (Å²) < 4.78 is 0. The molecule has 94 valence electrons. The van der Waals surface area contributed by atoms with Crippen LogP contribution in [0.2, 0.25) is 0 Å². The van der Waals surface area contributed by atoms with Crippen molar-refractivity contribution in [3.8, 4) is 0 Å². The molecule has 1 aromatic heterocycles. The first-order valence-electron chi connectivity index (χ1n) is 6.31. The van der Waals surface area contributed by atoms with Crippen molar-refractivity contribution >= 4 is 11.8 Å².